The largest absolute Gasteiger partial charge is 0.489 e. The van der Waals surface area contributed by atoms with Crippen LogP contribution in [0.2, 0.25) is 5.02 Å². The maximum atomic E-state index is 8.49. The molecular weight excluding hydrogens is 200 g/mol. The van der Waals surface area contributed by atoms with Crippen LogP contribution >= 0.6 is 11.6 Å². The van der Waals surface area contributed by atoms with Gasteiger partial charge in [-0.2, -0.15) is 0 Å². The summed E-state index contributed by atoms with van der Waals surface area (Å²) in [5, 5.41) is 9.20. The van der Waals surface area contributed by atoms with E-state index in [1.54, 1.807) is 18.2 Å². The van der Waals surface area contributed by atoms with Gasteiger partial charge in [-0.3, -0.25) is 0 Å². The van der Waals surface area contributed by atoms with E-state index in [0.29, 0.717) is 11.6 Å². The van der Waals surface area contributed by atoms with Crippen LogP contribution in [0, 0.1) is 6.92 Å². The summed E-state index contributed by atoms with van der Waals surface area (Å²) in [5.74, 6) is 0.817. The van der Waals surface area contributed by atoms with Crippen molar-refractivity contribution in [3.05, 3.63) is 40.9 Å². The van der Waals surface area contributed by atoms with Gasteiger partial charge in [0, 0.05) is 5.02 Å². The van der Waals surface area contributed by atoms with Crippen molar-refractivity contribution in [3.8, 4) is 5.75 Å². The quantitative estimate of drug-likeness (QED) is 0.778. The molecule has 3 heteroatoms. The normalized spacial score (nSPS) is 10.8. The molecule has 0 aliphatic rings. The van der Waals surface area contributed by atoms with Crippen LogP contribution in [0.3, 0.4) is 0 Å². The number of benzene rings is 1. The number of hydrogen-bond donors (Lipinski definition) is 1. The van der Waals surface area contributed by atoms with E-state index in [4.69, 9.17) is 21.4 Å². The second-order valence-electron chi connectivity index (χ2n) is 2.87. The predicted molar refractivity (Wildman–Crippen MR) is 57.9 cm³/mol. The number of halogens is 1. The highest BCUT2D eigenvalue weighted by atomic mass is 35.5. The van der Waals surface area contributed by atoms with Crippen molar-refractivity contribution in [1.82, 2.24) is 0 Å². The number of aliphatic hydroxyl groups is 1. The highest BCUT2D eigenvalue weighted by molar-refractivity contribution is 6.30. The Balaban J connectivity index is 2.55. The molecule has 0 unspecified atom stereocenters. The molecule has 0 amide bonds. The molecule has 1 N–H and O–H groups in total. The highest BCUT2D eigenvalue weighted by Gasteiger charge is 1.98. The lowest BCUT2D eigenvalue weighted by Gasteiger charge is -2.06. The third kappa shape index (κ3) is 3.40. The molecule has 14 heavy (non-hydrogen) atoms. The maximum absolute atomic E-state index is 8.49. The lowest BCUT2D eigenvalue weighted by Crippen LogP contribution is -1.95. The van der Waals surface area contributed by atoms with Gasteiger partial charge in [0.25, 0.3) is 0 Å². The molecule has 1 aromatic carbocycles. The van der Waals surface area contributed by atoms with Gasteiger partial charge in [-0.1, -0.05) is 17.7 Å². The summed E-state index contributed by atoms with van der Waals surface area (Å²) in [7, 11) is 0. The number of rotatable bonds is 4. The number of aliphatic hydroxyl groups excluding tert-OH is 1. The van der Waals surface area contributed by atoms with Gasteiger partial charge in [0.2, 0.25) is 0 Å². The summed E-state index contributed by atoms with van der Waals surface area (Å²) >= 11 is 5.80. The maximum Gasteiger partial charge on any atom is 0.122 e. The van der Waals surface area contributed by atoms with Crippen LogP contribution < -0.4 is 4.74 Å². The van der Waals surface area contributed by atoms with Crippen molar-refractivity contribution in [2.45, 2.75) is 6.92 Å². The second kappa shape index (κ2) is 5.68. The molecule has 1 rings (SSSR count). The minimum absolute atomic E-state index is 0.0446. The highest BCUT2D eigenvalue weighted by Crippen LogP contribution is 2.21. The molecule has 76 valence electrons. The summed E-state index contributed by atoms with van der Waals surface area (Å²) in [6.45, 7) is 2.45. The lowest BCUT2D eigenvalue weighted by molar-refractivity contribution is 0.336. The number of hydrogen-bond acceptors (Lipinski definition) is 2. The first-order valence-electron chi connectivity index (χ1n) is 4.39. The van der Waals surface area contributed by atoms with Gasteiger partial charge in [-0.05, 0) is 36.8 Å². The summed E-state index contributed by atoms with van der Waals surface area (Å²) in [6, 6.07) is 5.48. The summed E-state index contributed by atoms with van der Waals surface area (Å²) < 4.78 is 5.44. The fourth-order valence-corrected chi connectivity index (χ4v) is 1.28. The Hall–Kier alpha value is -0.990. The molecule has 0 bridgehead atoms. The van der Waals surface area contributed by atoms with E-state index in [9.17, 15) is 0 Å². The Labute approximate surface area is 88.8 Å². The first-order valence-corrected chi connectivity index (χ1v) is 4.76. The van der Waals surface area contributed by atoms with Crippen molar-refractivity contribution in [1.29, 1.82) is 0 Å². The molecule has 0 atom stereocenters. The molecule has 0 spiro atoms. The van der Waals surface area contributed by atoms with Crippen LogP contribution in [-0.4, -0.2) is 18.3 Å². The third-order valence-electron chi connectivity index (χ3n) is 1.74. The van der Waals surface area contributed by atoms with Crippen LogP contribution in [0.25, 0.3) is 0 Å². The van der Waals surface area contributed by atoms with E-state index in [1.807, 2.05) is 19.1 Å². The van der Waals surface area contributed by atoms with Gasteiger partial charge in [0.05, 0.1) is 6.61 Å². The smallest absolute Gasteiger partial charge is 0.122 e. The summed E-state index contributed by atoms with van der Waals surface area (Å²) in [6.07, 6.45) is 3.42. The van der Waals surface area contributed by atoms with Crippen LogP contribution in [-0.2, 0) is 0 Å². The van der Waals surface area contributed by atoms with Gasteiger partial charge in [-0.15, -0.1) is 0 Å². The van der Waals surface area contributed by atoms with Crippen LogP contribution in [0.4, 0.5) is 0 Å². The fraction of sp³-hybridized carbons (Fsp3) is 0.273. The van der Waals surface area contributed by atoms with Crippen molar-refractivity contribution in [2.24, 2.45) is 0 Å². The second-order valence-corrected chi connectivity index (χ2v) is 3.31. The van der Waals surface area contributed by atoms with Crippen molar-refractivity contribution >= 4 is 11.6 Å². The fourth-order valence-electron chi connectivity index (χ4n) is 1.06. The van der Waals surface area contributed by atoms with Gasteiger partial charge in [0.1, 0.15) is 12.4 Å². The van der Waals surface area contributed by atoms with Crippen molar-refractivity contribution in [2.75, 3.05) is 13.2 Å². The molecule has 2 nitrogen and oxygen atoms in total. The van der Waals surface area contributed by atoms with Gasteiger partial charge < -0.3 is 9.84 Å². The van der Waals surface area contributed by atoms with E-state index < -0.39 is 0 Å². The molecule has 0 fully saturated rings. The molecule has 0 saturated heterocycles. The zero-order valence-corrected chi connectivity index (χ0v) is 8.79. The lowest BCUT2D eigenvalue weighted by atomic mass is 10.2. The first-order chi connectivity index (χ1) is 6.74. The first kappa shape index (κ1) is 11.1. The molecule has 0 saturated carbocycles. The van der Waals surface area contributed by atoms with E-state index in [0.717, 1.165) is 11.3 Å². The van der Waals surface area contributed by atoms with E-state index in [2.05, 4.69) is 0 Å². The van der Waals surface area contributed by atoms with E-state index >= 15 is 0 Å². The molecule has 0 heterocycles. The summed E-state index contributed by atoms with van der Waals surface area (Å²) in [5.41, 5.74) is 1.01. The molecule has 1 aromatic rings. The molecular formula is C11H13ClO2. The van der Waals surface area contributed by atoms with Gasteiger partial charge in [-0.25, -0.2) is 0 Å². The van der Waals surface area contributed by atoms with Crippen LogP contribution in [0.5, 0.6) is 5.75 Å². The molecule has 0 aromatic heterocycles. The zero-order chi connectivity index (χ0) is 10.4. The van der Waals surface area contributed by atoms with Crippen LogP contribution in [0.1, 0.15) is 5.56 Å². The molecule has 0 aliphatic heterocycles. The average molecular weight is 213 g/mol. The average Bonchev–Trinajstić information content (AvgIpc) is 2.15. The topological polar surface area (TPSA) is 29.5 Å². The number of aryl methyl sites for hydroxylation is 1. The Morgan fingerprint density at radius 1 is 1.43 bits per heavy atom. The third-order valence-corrected chi connectivity index (χ3v) is 1.98. The monoisotopic (exact) mass is 212 g/mol. The van der Waals surface area contributed by atoms with E-state index in [-0.39, 0.29) is 6.61 Å². The Morgan fingerprint density at radius 2 is 2.21 bits per heavy atom. The van der Waals surface area contributed by atoms with Gasteiger partial charge in [0.15, 0.2) is 0 Å². The standard InChI is InChI=1S/C11H13ClO2/c1-9-8-10(12)4-5-11(9)14-7-3-2-6-13/h2-5,8,13H,6-7H2,1H3/b3-2+. The Morgan fingerprint density at radius 3 is 2.86 bits per heavy atom. The zero-order valence-electron chi connectivity index (χ0n) is 8.03. The number of ether oxygens (including phenoxy) is 1. The van der Waals surface area contributed by atoms with Crippen molar-refractivity contribution in [3.63, 3.8) is 0 Å². The predicted octanol–water partition coefficient (Wildman–Crippen LogP) is 2.58. The van der Waals surface area contributed by atoms with Gasteiger partial charge >= 0.3 is 0 Å². The Kier molecular flexibility index (Phi) is 4.50. The molecule has 0 radical (unpaired) electrons. The van der Waals surface area contributed by atoms with Crippen molar-refractivity contribution < 1.29 is 9.84 Å². The Bertz CT molecular complexity index is 321. The summed E-state index contributed by atoms with van der Waals surface area (Å²) in [4.78, 5) is 0. The SMILES string of the molecule is Cc1cc(Cl)ccc1OC/C=C/CO. The van der Waals surface area contributed by atoms with E-state index in [1.165, 1.54) is 0 Å². The minimum atomic E-state index is 0.0446. The molecule has 0 aliphatic carbocycles. The minimum Gasteiger partial charge on any atom is -0.489 e. The van der Waals surface area contributed by atoms with Crippen LogP contribution in [0.15, 0.2) is 30.4 Å².